The third-order valence-corrected chi connectivity index (χ3v) is 2.72. The van der Waals surface area contributed by atoms with Gasteiger partial charge >= 0.3 is 18.1 Å². The zero-order valence-corrected chi connectivity index (χ0v) is 9.79. The van der Waals surface area contributed by atoms with Crippen LogP contribution in [0.2, 0.25) is 0 Å². The molecule has 104 valence electrons. The van der Waals surface area contributed by atoms with Crippen LogP contribution in [0, 0.1) is 0 Å². The van der Waals surface area contributed by atoms with Gasteiger partial charge in [-0.2, -0.15) is 13.2 Å². The van der Waals surface area contributed by atoms with Crippen LogP contribution in [0.25, 0.3) is 0 Å². The van der Waals surface area contributed by atoms with E-state index in [-0.39, 0.29) is 0 Å². The number of alkyl halides is 3. The number of hydrogen-bond donors (Lipinski definition) is 1. The van der Waals surface area contributed by atoms with Crippen LogP contribution in [0.15, 0.2) is 0 Å². The zero-order chi connectivity index (χ0) is 14.0. The number of rotatable bonds is 2. The molecular weight excluding hydrogens is 255 g/mol. The normalized spacial score (nSPS) is 20.5. The van der Waals surface area contributed by atoms with Crippen LogP contribution in [0.3, 0.4) is 0 Å². The predicted molar refractivity (Wildman–Crippen MR) is 53.5 cm³/mol. The standard InChI is InChI=1S/C10H14F3NO4/c1-9(17)2-4-14(5-3-9)6-7(15)18-8(16)10(11,12)13/h17H,2-6H2,1H3. The molecule has 0 aliphatic carbocycles. The quantitative estimate of drug-likeness (QED) is 0.583. The maximum atomic E-state index is 11.8. The average molecular weight is 269 g/mol. The first-order chi connectivity index (χ1) is 8.10. The number of carbonyl (C=O) groups is 2. The summed E-state index contributed by atoms with van der Waals surface area (Å²) in [6.07, 6.45) is -4.35. The smallest absolute Gasteiger partial charge is 0.390 e. The Balaban J connectivity index is 2.36. The summed E-state index contributed by atoms with van der Waals surface area (Å²) in [5, 5.41) is 9.63. The summed E-state index contributed by atoms with van der Waals surface area (Å²) < 4.78 is 39.1. The van der Waals surface area contributed by atoms with Gasteiger partial charge in [0, 0.05) is 13.1 Å². The van der Waals surface area contributed by atoms with Gasteiger partial charge in [0.25, 0.3) is 0 Å². The molecule has 0 aromatic rings. The number of nitrogens with zero attached hydrogens (tertiary/aromatic N) is 1. The van der Waals surface area contributed by atoms with Crippen molar-refractivity contribution in [3.63, 3.8) is 0 Å². The Labute approximate surface area is 102 Å². The molecule has 0 aromatic carbocycles. The first-order valence-corrected chi connectivity index (χ1v) is 5.37. The van der Waals surface area contributed by atoms with Crippen molar-refractivity contribution in [2.45, 2.75) is 31.5 Å². The van der Waals surface area contributed by atoms with Gasteiger partial charge in [0.1, 0.15) is 0 Å². The Morgan fingerprint density at radius 1 is 1.33 bits per heavy atom. The number of piperidine rings is 1. The highest BCUT2D eigenvalue weighted by atomic mass is 19.4. The minimum absolute atomic E-state index is 0.363. The van der Waals surface area contributed by atoms with E-state index in [1.165, 1.54) is 4.90 Å². The third kappa shape index (κ3) is 4.61. The molecule has 1 N–H and O–H groups in total. The van der Waals surface area contributed by atoms with E-state index in [9.17, 15) is 27.9 Å². The Morgan fingerprint density at radius 3 is 2.28 bits per heavy atom. The van der Waals surface area contributed by atoms with Crippen molar-refractivity contribution in [2.24, 2.45) is 0 Å². The molecule has 1 fully saturated rings. The van der Waals surface area contributed by atoms with Gasteiger partial charge in [-0.15, -0.1) is 0 Å². The molecule has 0 spiro atoms. The molecule has 1 rings (SSSR count). The zero-order valence-electron chi connectivity index (χ0n) is 9.79. The van der Waals surface area contributed by atoms with Crippen LogP contribution in [-0.4, -0.2) is 53.4 Å². The first-order valence-electron chi connectivity index (χ1n) is 5.37. The second kappa shape index (κ2) is 5.23. The van der Waals surface area contributed by atoms with E-state index >= 15 is 0 Å². The molecule has 0 aromatic heterocycles. The molecule has 1 saturated heterocycles. The number of carbonyl (C=O) groups excluding carboxylic acids is 2. The van der Waals surface area contributed by atoms with Gasteiger partial charge in [-0.3, -0.25) is 9.69 Å². The Bertz CT molecular complexity index is 331. The van der Waals surface area contributed by atoms with Gasteiger partial charge in [-0.1, -0.05) is 0 Å². The van der Waals surface area contributed by atoms with Crippen molar-refractivity contribution in [1.82, 2.24) is 4.90 Å². The number of aliphatic hydroxyl groups is 1. The minimum Gasteiger partial charge on any atom is -0.390 e. The molecule has 0 atom stereocenters. The van der Waals surface area contributed by atoms with Gasteiger partial charge in [0.05, 0.1) is 12.1 Å². The number of hydrogen-bond acceptors (Lipinski definition) is 5. The van der Waals surface area contributed by atoms with Crippen molar-refractivity contribution in [3.05, 3.63) is 0 Å². The third-order valence-electron chi connectivity index (χ3n) is 2.72. The SMILES string of the molecule is CC1(O)CCN(CC(=O)OC(=O)C(F)(F)F)CC1. The minimum atomic E-state index is -5.17. The number of esters is 2. The van der Waals surface area contributed by atoms with Crippen molar-refractivity contribution in [1.29, 1.82) is 0 Å². The lowest BCUT2D eigenvalue weighted by atomic mass is 9.94. The Hall–Kier alpha value is -1.15. The molecule has 18 heavy (non-hydrogen) atoms. The summed E-state index contributed by atoms with van der Waals surface area (Å²) in [5.41, 5.74) is -0.817. The second-order valence-electron chi connectivity index (χ2n) is 4.53. The van der Waals surface area contributed by atoms with Crippen LogP contribution < -0.4 is 0 Å². The molecule has 8 heteroatoms. The maximum Gasteiger partial charge on any atom is 0.491 e. The van der Waals surface area contributed by atoms with Gasteiger partial charge in [-0.25, -0.2) is 4.79 Å². The van der Waals surface area contributed by atoms with Crippen LogP contribution in [0.4, 0.5) is 13.2 Å². The van der Waals surface area contributed by atoms with Crippen molar-refractivity contribution >= 4 is 11.9 Å². The van der Waals surface area contributed by atoms with Crippen molar-refractivity contribution < 1.29 is 32.6 Å². The highest BCUT2D eigenvalue weighted by Gasteiger charge is 2.42. The fourth-order valence-corrected chi connectivity index (χ4v) is 1.57. The largest absolute Gasteiger partial charge is 0.491 e. The fraction of sp³-hybridized carbons (Fsp3) is 0.800. The van der Waals surface area contributed by atoms with E-state index in [0.717, 1.165) is 0 Å². The molecule has 5 nitrogen and oxygen atoms in total. The monoisotopic (exact) mass is 269 g/mol. The second-order valence-corrected chi connectivity index (χ2v) is 4.53. The van der Waals surface area contributed by atoms with E-state index in [0.29, 0.717) is 25.9 Å². The summed E-state index contributed by atoms with van der Waals surface area (Å²) in [6.45, 7) is 1.98. The Kier molecular flexibility index (Phi) is 4.33. The topological polar surface area (TPSA) is 66.8 Å². The van der Waals surface area contributed by atoms with Gasteiger partial charge in [-0.05, 0) is 19.8 Å². The summed E-state index contributed by atoms with van der Waals surface area (Å²) in [6, 6.07) is 0. The average Bonchev–Trinajstić information content (AvgIpc) is 2.19. The van der Waals surface area contributed by atoms with E-state index in [2.05, 4.69) is 4.74 Å². The highest BCUT2D eigenvalue weighted by molar-refractivity contribution is 5.89. The van der Waals surface area contributed by atoms with E-state index in [4.69, 9.17) is 0 Å². The molecule has 0 unspecified atom stereocenters. The summed E-state index contributed by atoms with van der Waals surface area (Å²) in [4.78, 5) is 23.0. The lowest BCUT2D eigenvalue weighted by molar-refractivity contribution is -0.202. The van der Waals surface area contributed by atoms with E-state index in [1.54, 1.807) is 6.92 Å². The molecule has 1 heterocycles. The highest BCUT2D eigenvalue weighted by Crippen LogP contribution is 2.21. The van der Waals surface area contributed by atoms with Crippen molar-refractivity contribution in [3.8, 4) is 0 Å². The fourth-order valence-electron chi connectivity index (χ4n) is 1.57. The van der Waals surface area contributed by atoms with Crippen LogP contribution in [-0.2, 0) is 14.3 Å². The van der Waals surface area contributed by atoms with E-state index in [1.807, 2.05) is 0 Å². The molecule has 0 bridgehead atoms. The predicted octanol–water partition coefficient (Wildman–Crippen LogP) is 0.465. The first kappa shape index (κ1) is 14.9. The lowest BCUT2D eigenvalue weighted by Gasteiger charge is -2.34. The van der Waals surface area contributed by atoms with Gasteiger partial charge in [0.15, 0.2) is 0 Å². The molecule has 1 aliphatic rings. The molecular formula is C10H14F3NO4. The van der Waals surface area contributed by atoms with Crippen LogP contribution in [0.1, 0.15) is 19.8 Å². The summed E-state index contributed by atoms with van der Waals surface area (Å²) in [7, 11) is 0. The van der Waals surface area contributed by atoms with Gasteiger partial charge in [0.2, 0.25) is 0 Å². The summed E-state index contributed by atoms with van der Waals surface area (Å²) in [5.74, 6) is -3.74. The number of ether oxygens (including phenoxy) is 1. The number of likely N-dealkylation sites (tertiary alicyclic amines) is 1. The summed E-state index contributed by atoms with van der Waals surface area (Å²) >= 11 is 0. The van der Waals surface area contributed by atoms with Crippen LogP contribution in [0.5, 0.6) is 0 Å². The van der Waals surface area contributed by atoms with E-state index < -0.39 is 30.3 Å². The van der Waals surface area contributed by atoms with Crippen molar-refractivity contribution in [2.75, 3.05) is 19.6 Å². The maximum absolute atomic E-state index is 11.8. The molecule has 0 saturated carbocycles. The lowest BCUT2D eigenvalue weighted by Crippen LogP contribution is -2.45. The molecule has 0 amide bonds. The van der Waals surface area contributed by atoms with Gasteiger partial charge < -0.3 is 9.84 Å². The van der Waals surface area contributed by atoms with Crippen LogP contribution >= 0.6 is 0 Å². The Morgan fingerprint density at radius 2 is 1.83 bits per heavy atom. The number of halogens is 3. The molecule has 1 aliphatic heterocycles. The molecule has 0 radical (unpaired) electrons.